The van der Waals surface area contributed by atoms with E-state index in [4.69, 9.17) is 4.74 Å². The number of carbonyl (C=O) groups excluding carboxylic acids is 1. The van der Waals surface area contributed by atoms with E-state index >= 15 is 0 Å². The molecule has 2 aliphatic heterocycles. The Morgan fingerprint density at radius 2 is 1.92 bits per heavy atom. The van der Waals surface area contributed by atoms with Gasteiger partial charge in [0.1, 0.15) is 17.2 Å². The van der Waals surface area contributed by atoms with E-state index in [1.54, 1.807) is 27.0 Å². The van der Waals surface area contributed by atoms with E-state index in [0.717, 1.165) is 27.5 Å². The molecule has 0 spiro atoms. The van der Waals surface area contributed by atoms with Crippen LogP contribution in [0.2, 0.25) is 0 Å². The summed E-state index contributed by atoms with van der Waals surface area (Å²) in [6.45, 7) is 6.81. The first-order chi connectivity index (χ1) is 17.3. The van der Waals surface area contributed by atoms with Crippen LogP contribution in [-0.2, 0) is 27.8 Å². The molecule has 0 bridgehead atoms. The quantitative estimate of drug-likeness (QED) is 0.626. The van der Waals surface area contributed by atoms with Crippen LogP contribution in [0.3, 0.4) is 0 Å². The predicted molar refractivity (Wildman–Crippen MR) is 132 cm³/mol. The van der Waals surface area contributed by atoms with Gasteiger partial charge in [-0.25, -0.2) is 22.0 Å². The minimum Gasteiger partial charge on any atom is -0.444 e. The molecule has 1 saturated heterocycles. The molecule has 1 aliphatic carbocycles. The molecular formula is C25H33F2N5O4S. The molecule has 3 heterocycles. The molecule has 3 aliphatic rings. The second kappa shape index (κ2) is 9.32. The van der Waals surface area contributed by atoms with Gasteiger partial charge in [-0.15, -0.1) is 0 Å². The van der Waals surface area contributed by atoms with E-state index in [-0.39, 0.29) is 16.9 Å². The topological polar surface area (TPSA) is 96.8 Å². The Kier molecular flexibility index (Phi) is 6.56. The van der Waals surface area contributed by atoms with E-state index in [0.29, 0.717) is 38.9 Å². The average Bonchev–Trinajstić information content (AvgIpc) is 3.45. The van der Waals surface area contributed by atoms with E-state index in [1.807, 2.05) is 11.9 Å². The van der Waals surface area contributed by atoms with Crippen LogP contribution in [0, 0.1) is 11.6 Å². The molecule has 1 aromatic heterocycles. The van der Waals surface area contributed by atoms with Crippen molar-refractivity contribution in [3.8, 4) is 0 Å². The largest absolute Gasteiger partial charge is 0.444 e. The van der Waals surface area contributed by atoms with Gasteiger partial charge in [0.2, 0.25) is 0 Å². The summed E-state index contributed by atoms with van der Waals surface area (Å²) < 4.78 is 60.6. The zero-order chi connectivity index (χ0) is 26.7. The molecule has 1 N–H and O–H groups in total. The molecule has 37 heavy (non-hydrogen) atoms. The predicted octanol–water partition coefficient (Wildman–Crippen LogP) is 3.16. The number of likely N-dealkylation sites (N-methyl/N-ethyl adjacent to an activating group) is 1. The molecule has 9 nitrogen and oxygen atoms in total. The number of aromatic nitrogens is 2. The lowest BCUT2D eigenvalue weighted by Gasteiger charge is -2.46. The molecule has 5 rings (SSSR count). The maximum Gasteiger partial charge on any atom is 0.407 e. The van der Waals surface area contributed by atoms with Crippen LogP contribution < -0.4 is 5.32 Å². The number of piperidine rings is 1. The third-order valence-corrected chi connectivity index (χ3v) is 9.19. The van der Waals surface area contributed by atoms with Gasteiger partial charge in [-0.1, -0.05) is 0 Å². The van der Waals surface area contributed by atoms with Crippen LogP contribution in [-0.4, -0.2) is 70.0 Å². The minimum absolute atomic E-state index is 0.0412. The first kappa shape index (κ1) is 26.1. The molecule has 3 atom stereocenters. The number of halogens is 2. The second-order valence-corrected chi connectivity index (χ2v) is 13.4. The summed E-state index contributed by atoms with van der Waals surface area (Å²) >= 11 is 0. The van der Waals surface area contributed by atoms with Gasteiger partial charge in [-0.3, -0.25) is 9.80 Å². The molecule has 1 amide bonds. The maximum absolute atomic E-state index is 14.8. The van der Waals surface area contributed by atoms with Gasteiger partial charge >= 0.3 is 6.09 Å². The van der Waals surface area contributed by atoms with E-state index < -0.39 is 45.4 Å². The highest BCUT2D eigenvalue weighted by atomic mass is 32.2. The van der Waals surface area contributed by atoms with Crippen molar-refractivity contribution in [3.05, 3.63) is 52.9 Å². The van der Waals surface area contributed by atoms with Crippen LogP contribution in [0.25, 0.3) is 0 Å². The molecule has 202 valence electrons. The molecule has 2 aromatic rings. The molecule has 0 radical (unpaired) electrons. The van der Waals surface area contributed by atoms with Crippen molar-refractivity contribution < 1.29 is 26.7 Å². The summed E-state index contributed by atoms with van der Waals surface area (Å²) in [5.41, 5.74) is 1.05. The lowest BCUT2D eigenvalue weighted by atomic mass is 9.87. The Labute approximate surface area is 215 Å². The Bertz CT molecular complexity index is 1280. The van der Waals surface area contributed by atoms with Crippen molar-refractivity contribution in [2.45, 2.75) is 82.1 Å². The third-order valence-electron chi connectivity index (χ3n) is 7.16. The Balaban J connectivity index is 1.36. The lowest BCUT2D eigenvalue weighted by molar-refractivity contribution is 0.0257. The number of alkyl carbamates (subject to hydrolysis) is 1. The van der Waals surface area contributed by atoms with Crippen LogP contribution in [0.5, 0.6) is 0 Å². The SMILES string of the molecule is CN1C[C@H](N2Cc3cn(S(=O)(=O)C4CC4)nc3C2)C[C@H](NC(=O)OC(C)(C)C)C1c1cc(F)ccc1F. The number of ether oxygens (including phenoxy) is 1. The fourth-order valence-electron chi connectivity index (χ4n) is 5.37. The lowest BCUT2D eigenvalue weighted by Crippen LogP contribution is -2.57. The number of carbonyl (C=O) groups is 1. The number of fused-ring (bicyclic) bond motifs is 1. The second-order valence-electron chi connectivity index (χ2n) is 11.3. The maximum atomic E-state index is 14.8. The number of hydrogen-bond acceptors (Lipinski definition) is 7. The van der Waals surface area contributed by atoms with Gasteiger partial charge in [-0.05, 0) is 65.3 Å². The summed E-state index contributed by atoms with van der Waals surface area (Å²) in [5, 5.41) is 6.93. The number of likely N-dealkylation sites (tertiary alicyclic amines) is 1. The van der Waals surface area contributed by atoms with Crippen molar-refractivity contribution in [1.82, 2.24) is 24.3 Å². The smallest absolute Gasteiger partial charge is 0.407 e. The number of amides is 1. The highest BCUT2D eigenvalue weighted by Crippen LogP contribution is 2.37. The third kappa shape index (κ3) is 5.37. The Morgan fingerprint density at radius 3 is 2.57 bits per heavy atom. The summed E-state index contributed by atoms with van der Waals surface area (Å²) in [6.07, 6.45) is 2.80. The van der Waals surface area contributed by atoms with Gasteiger partial charge in [-0.2, -0.15) is 9.19 Å². The highest BCUT2D eigenvalue weighted by molar-refractivity contribution is 7.90. The van der Waals surface area contributed by atoms with Crippen molar-refractivity contribution in [1.29, 1.82) is 0 Å². The number of nitrogens with one attached hydrogen (secondary N) is 1. The highest BCUT2D eigenvalue weighted by Gasteiger charge is 2.43. The Hall–Kier alpha value is -2.57. The zero-order valence-electron chi connectivity index (χ0n) is 21.4. The van der Waals surface area contributed by atoms with Gasteiger partial charge in [0.05, 0.1) is 23.0 Å². The van der Waals surface area contributed by atoms with Crippen LogP contribution in [0.4, 0.5) is 13.6 Å². The summed E-state index contributed by atoms with van der Waals surface area (Å²) in [7, 11) is -1.60. The number of rotatable bonds is 5. The van der Waals surface area contributed by atoms with E-state index in [1.165, 1.54) is 6.07 Å². The molecule has 1 aromatic carbocycles. The van der Waals surface area contributed by atoms with Crippen molar-refractivity contribution >= 4 is 16.1 Å². The van der Waals surface area contributed by atoms with Gasteiger partial charge in [0.15, 0.2) is 0 Å². The summed E-state index contributed by atoms with van der Waals surface area (Å²) in [4.78, 5) is 16.8. The summed E-state index contributed by atoms with van der Waals surface area (Å²) in [6, 6.07) is 2.15. The number of nitrogens with zero attached hydrogens (tertiary/aromatic N) is 4. The van der Waals surface area contributed by atoms with Crippen molar-refractivity contribution in [3.63, 3.8) is 0 Å². The fourth-order valence-corrected chi connectivity index (χ4v) is 6.89. The van der Waals surface area contributed by atoms with Crippen LogP contribution in [0.15, 0.2) is 24.4 Å². The first-order valence-corrected chi connectivity index (χ1v) is 14.0. The zero-order valence-corrected chi connectivity index (χ0v) is 22.3. The fraction of sp³-hybridized carbons (Fsp3) is 0.600. The van der Waals surface area contributed by atoms with Crippen molar-refractivity contribution in [2.75, 3.05) is 13.6 Å². The number of hydrogen-bond donors (Lipinski definition) is 1. The molecule has 1 saturated carbocycles. The monoisotopic (exact) mass is 537 g/mol. The van der Waals surface area contributed by atoms with Crippen LogP contribution in [0.1, 0.15) is 62.9 Å². The van der Waals surface area contributed by atoms with Gasteiger partial charge in [0, 0.05) is 43.0 Å². The van der Waals surface area contributed by atoms with Gasteiger partial charge < -0.3 is 10.1 Å². The number of benzene rings is 1. The minimum atomic E-state index is -3.43. The average molecular weight is 538 g/mol. The van der Waals surface area contributed by atoms with Crippen LogP contribution >= 0.6 is 0 Å². The standard InChI is InChI=1S/C25H33F2N5O4S/c1-25(2,3)36-24(33)28-21-10-17(13-30(4)23(21)19-9-16(26)5-8-20(19)27)31-11-15-12-32(29-22(15)14-31)37(34,35)18-6-7-18/h5,8-9,12,17-18,21,23H,6-7,10-11,13-14H2,1-4H3,(H,28,33)/t17-,21+,23?/m1/s1. The summed E-state index contributed by atoms with van der Waals surface area (Å²) in [5.74, 6) is -1.09. The molecule has 2 fully saturated rings. The van der Waals surface area contributed by atoms with Gasteiger partial charge in [0.25, 0.3) is 10.0 Å². The van der Waals surface area contributed by atoms with E-state index in [9.17, 15) is 22.0 Å². The van der Waals surface area contributed by atoms with Crippen molar-refractivity contribution in [2.24, 2.45) is 0 Å². The molecule has 1 unspecified atom stereocenters. The molecule has 12 heteroatoms. The normalized spacial score (nSPS) is 25.2. The first-order valence-electron chi connectivity index (χ1n) is 12.5. The Morgan fingerprint density at radius 1 is 1.19 bits per heavy atom. The molecular weight excluding hydrogens is 504 g/mol. The van der Waals surface area contributed by atoms with E-state index in [2.05, 4.69) is 15.3 Å².